The number of aryl methyl sites for hydroxylation is 1. The molecule has 10 heteroatoms. The Morgan fingerprint density at radius 3 is 2.68 bits per heavy atom. The van der Waals surface area contributed by atoms with E-state index in [9.17, 15) is 18.0 Å². The number of carbonyl (C=O) groups is 1. The monoisotopic (exact) mass is 395 g/mol. The summed E-state index contributed by atoms with van der Waals surface area (Å²) in [5.41, 5.74) is -0.493. The second-order valence-electron chi connectivity index (χ2n) is 6.24. The Morgan fingerprint density at radius 2 is 1.93 bits per heavy atom. The van der Waals surface area contributed by atoms with Gasteiger partial charge in [-0.05, 0) is 19.1 Å². The van der Waals surface area contributed by atoms with Gasteiger partial charge in [0.25, 0.3) is 5.91 Å². The fourth-order valence-electron chi connectivity index (χ4n) is 2.75. The van der Waals surface area contributed by atoms with Crippen molar-refractivity contribution in [3.8, 4) is 0 Å². The van der Waals surface area contributed by atoms with Crippen LogP contribution in [0, 0.1) is 24.4 Å². The van der Waals surface area contributed by atoms with Crippen molar-refractivity contribution in [1.82, 2.24) is 14.9 Å². The standard InChI is InChI=1S/C18H20F3N5O2/c1-11-23-14(18(27)25-13-3-2-12(19)16(20)17(13)21)10-15(24-11)22-4-5-26-6-8-28-9-7-26/h2-3,10H,4-9H2,1H3,(H,25,27)(H,22,23,24). The molecule has 0 bridgehead atoms. The van der Waals surface area contributed by atoms with E-state index in [4.69, 9.17) is 4.74 Å². The minimum atomic E-state index is -1.65. The van der Waals surface area contributed by atoms with Gasteiger partial charge in [-0.15, -0.1) is 0 Å². The van der Waals surface area contributed by atoms with Crippen molar-refractivity contribution in [2.75, 3.05) is 50.0 Å². The van der Waals surface area contributed by atoms with Crippen molar-refractivity contribution in [3.05, 3.63) is 47.2 Å². The van der Waals surface area contributed by atoms with Crippen molar-refractivity contribution in [1.29, 1.82) is 0 Å². The molecule has 1 aromatic heterocycles. The van der Waals surface area contributed by atoms with Gasteiger partial charge in [-0.3, -0.25) is 9.69 Å². The van der Waals surface area contributed by atoms with Gasteiger partial charge in [-0.1, -0.05) is 0 Å². The van der Waals surface area contributed by atoms with E-state index in [2.05, 4.69) is 25.5 Å². The highest BCUT2D eigenvalue weighted by molar-refractivity contribution is 6.03. The average molecular weight is 395 g/mol. The van der Waals surface area contributed by atoms with E-state index in [0.29, 0.717) is 31.4 Å². The highest BCUT2D eigenvalue weighted by Crippen LogP contribution is 2.20. The van der Waals surface area contributed by atoms with Crippen LogP contribution < -0.4 is 10.6 Å². The molecule has 1 aliphatic heterocycles. The molecule has 1 aromatic carbocycles. The lowest BCUT2D eigenvalue weighted by molar-refractivity contribution is 0.0398. The van der Waals surface area contributed by atoms with Gasteiger partial charge in [-0.2, -0.15) is 0 Å². The summed E-state index contributed by atoms with van der Waals surface area (Å²) in [5, 5.41) is 5.32. The number of ether oxygens (including phenoxy) is 1. The van der Waals surface area contributed by atoms with E-state index in [1.165, 1.54) is 6.07 Å². The summed E-state index contributed by atoms with van der Waals surface area (Å²) >= 11 is 0. The Balaban J connectivity index is 1.65. The lowest BCUT2D eigenvalue weighted by Gasteiger charge is -2.26. The van der Waals surface area contributed by atoms with Crippen LogP contribution in [0.1, 0.15) is 16.3 Å². The number of hydrogen-bond donors (Lipinski definition) is 2. The molecule has 0 radical (unpaired) electrons. The maximum absolute atomic E-state index is 13.8. The summed E-state index contributed by atoms with van der Waals surface area (Å²) < 4.78 is 45.4. The van der Waals surface area contributed by atoms with E-state index in [0.717, 1.165) is 31.8 Å². The molecule has 3 rings (SSSR count). The summed E-state index contributed by atoms with van der Waals surface area (Å²) in [4.78, 5) is 22.8. The predicted molar refractivity (Wildman–Crippen MR) is 96.8 cm³/mol. The van der Waals surface area contributed by atoms with Gasteiger partial charge in [0.1, 0.15) is 17.3 Å². The fraction of sp³-hybridized carbons (Fsp3) is 0.389. The lowest BCUT2D eigenvalue weighted by Crippen LogP contribution is -2.39. The Labute approximate surface area is 159 Å². The minimum absolute atomic E-state index is 0.0227. The lowest BCUT2D eigenvalue weighted by atomic mass is 10.2. The number of rotatable bonds is 6. The van der Waals surface area contributed by atoms with Crippen molar-refractivity contribution in [3.63, 3.8) is 0 Å². The zero-order chi connectivity index (χ0) is 20.1. The molecule has 0 saturated carbocycles. The molecular formula is C18H20F3N5O2. The zero-order valence-corrected chi connectivity index (χ0v) is 15.3. The molecule has 2 heterocycles. The summed E-state index contributed by atoms with van der Waals surface area (Å²) in [7, 11) is 0. The summed E-state index contributed by atoms with van der Waals surface area (Å²) in [5.74, 6) is -4.43. The van der Waals surface area contributed by atoms with Crippen LogP contribution in [0.4, 0.5) is 24.7 Å². The van der Waals surface area contributed by atoms with Crippen LogP contribution >= 0.6 is 0 Å². The Hall–Kier alpha value is -2.72. The largest absolute Gasteiger partial charge is 0.379 e. The topological polar surface area (TPSA) is 79.4 Å². The van der Waals surface area contributed by atoms with Crippen molar-refractivity contribution >= 4 is 17.4 Å². The second-order valence-corrected chi connectivity index (χ2v) is 6.24. The summed E-state index contributed by atoms with van der Waals surface area (Å²) in [6.45, 7) is 6.14. The fourth-order valence-corrected chi connectivity index (χ4v) is 2.75. The van der Waals surface area contributed by atoms with Crippen LogP contribution in [-0.4, -0.2) is 60.2 Å². The van der Waals surface area contributed by atoms with Gasteiger partial charge >= 0.3 is 0 Å². The number of anilines is 2. The first-order valence-electron chi connectivity index (χ1n) is 8.78. The van der Waals surface area contributed by atoms with Crippen LogP contribution in [0.25, 0.3) is 0 Å². The quantitative estimate of drug-likeness (QED) is 0.730. The second kappa shape index (κ2) is 8.98. The smallest absolute Gasteiger partial charge is 0.274 e. The van der Waals surface area contributed by atoms with Gasteiger partial charge < -0.3 is 15.4 Å². The highest BCUT2D eigenvalue weighted by Gasteiger charge is 2.17. The molecule has 2 aromatic rings. The Kier molecular flexibility index (Phi) is 6.42. The van der Waals surface area contributed by atoms with Crippen molar-refractivity contribution in [2.24, 2.45) is 0 Å². The molecule has 0 unspecified atom stereocenters. The third-order valence-electron chi connectivity index (χ3n) is 4.19. The molecule has 1 aliphatic rings. The molecule has 0 atom stereocenters. The number of halogens is 3. The Morgan fingerprint density at radius 1 is 1.18 bits per heavy atom. The van der Waals surface area contributed by atoms with Crippen LogP contribution in [0.2, 0.25) is 0 Å². The van der Waals surface area contributed by atoms with Gasteiger partial charge in [0.15, 0.2) is 17.5 Å². The first-order chi connectivity index (χ1) is 13.4. The van der Waals surface area contributed by atoms with E-state index < -0.39 is 29.0 Å². The summed E-state index contributed by atoms with van der Waals surface area (Å²) in [6.07, 6.45) is 0. The molecule has 7 nitrogen and oxygen atoms in total. The first kappa shape index (κ1) is 20.0. The van der Waals surface area contributed by atoms with Crippen molar-refractivity contribution in [2.45, 2.75) is 6.92 Å². The zero-order valence-electron chi connectivity index (χ0n) is 15.3. The van der Waals surface area contributed by atoms with Gasteiger partial charge in [0.05, 0.1) is 18.9 Å². The number of morpholine rings is 1. The van der Waals surface area contributed by atoms with Gasteiger partial charge in [-0.25, -0.2) is 23.1 Å². The van der Waals surface area contributed by atoms with Crippen LogP contribution in [0.5, 0.6) is 0 Å². The number of amides is 1. The van der Waals surface area contributed by atoms with Crippen LogP contribution in [0.3, 0.4) is 0 Å². The van der Waals surface area contributed by atoms with E-state index in [-0.39, 0.29) is 5.69 Å². The van der Waals surface area contributed by atoms with Crippen LogP contribution in [-0.2, 0) is 4.74 Å². The molecule has 28 heavy (non-hydrogen) atoms. The SMILES string of the molecule is Cc1nc(NCCN2CCOCC2)cc(C(=O)Nc2ccc(F)c(F)c2F)n1. The molecular weight excluding hydrogens is 375 g/mol. The molecule has 1 amide bonds. The average Bonchev–Trinajstić information content (AvgIpc) is 2.69. The normalized spacial score (nSPS) is 14.7. The number of aromatic nitrogens is 2. The predicted octanol–water partition coefficient (Wildman–Crippen LogP) is 2.20. The van der Waals surface area contributed by atoms with Gasteiger partial charge in [0, 0.05) is 32.2 Å². The molecule has 2 N–H and O–H groups in total. The molecule has 150 valence electrons. The Bertz CT molecular complexity index is 859. The number of benzene rings is 1. The molecule has 1 fully saturated rings. The number of carbonyl (C=O) groups excluding carboxylic acids is 1. The number of nitrogens with one attached hydrogen (secondary N) is 2. The maximum Gasteiger partial charge on any atom is 0.274 e. The van der Waals surface area contributed by atoms with Crippen LogP contribution in [0.15, 0.2) is 18.2 Å². The first-order valence-corrected chi connectivity index (χ1v) is 8.78. The van der Waals surface area contributed by atoms with Crippen molar-refractivity contribution < 1.29 is 22.7 Å². The van der Waals surface area contributed by atoms with E-state index in [1.807, 2.05) is 0 Å². The molecule has 0 aliphatic carbocycles. The molecule has 0 spiro atoms. The van der Waals surface area contributed by atoms with E-state index >= 15 is 0 Å². The third kappa shape index (κ3) is 4.96. The van der Waals surface area contributed by atoms with Gasteiger partial charge in [0.2, 0.25) is 0 Å². The minimum Gasteiger partial charge on any atom is -0.379 e. The van der Waals surface area contributed by atoms with E-state index in [1.54, 1.807) is 6.92 Å². The number of nitrogens with zero attached hydrogens (tertiary/aromatic N) is 3. The highest BCUT2D eigenvalue weighted by atomic mass is 19.2. The number of hydrogen-bond acceptors (Lipinski definition) is 6. The maximum atomic E-state index is 13.8. The third-order valence-corrected chi connectivity index (χ3v) is 4.19. The summed E-state index contributed by atoms with van der Waals surface area (Å²) in [6, 6.07) is 3.10. The molecule has 1 saturated heterocycles.